The summed E-state index contributed by atoms with van der Waals surface area (Å²) in [7, 11) is 0. The van der Waals surface area contributed by atoms with Gasteiger partial charge in [0, 0.05) is 19.6 Å². The van der Waals surface area contributed by atoms with Crippen LogP contribution >= 0.6 is 12.2 Å². The topological polar surface area (TPSA) is 96.2 Å². The summed E-state index contributed by atoms with van der Waals surface area (Å²) < 4.78 is 1.41. The van der Waals surface area contributed by atoms with Gasteiger partial charge in [-0.05, 0) is 37.9 Å². The second-order valence-electron chi connectivity index (χ2n) is 6.95. The lowest BCUT2D eigenvalue weighted by Crippen LogP contribution is -2.46. The van der Waals surface area contributed by atoms with E-state index in [2.05, 4.69) is 30.7 Å². The van der Waals surface area contributed by atoms with Crippen LogP contribution in [0.2, 0.25) is 0 Å². The number of aromatic nitrogens is 2. The van der Waals surface area contributed by atoms with E-state index in [0.717, 1.165) is 24.8 Å². The number of hydrogen-bond donors (Lipinski definition) is 3. The minimum Gasteiger partial charge on any atom is -0.383 e. The Balaban J connectivity index is 3.34. The summed E-state index contributed by atoms with van der Waals surface area (Å²) in [5.74, 6) is 0.572. The molecule has 146 valence electrons. The molecule has 4 N–H and O–H groups in total. The SMILES string of the molecule is C=C(C)CNC(=S)N(CCC(C)C)c1c(N)n(CCCC)c(=O)[nH]c1=O. The number of thiocarbonyl (C=S) groups is 1. The Labute approximate surface area is 160 Å². The highest BCUT2D eigenvalue weighted by molar-refractivity contribution is 7.80. The van der Waals surface area contributed by atoms with Gasteiger partial charge in [-0.3, -0.25) is 14.3 Å². The summed E-state index contributed by atoms with van der Waals surface area (Å²) in [6, 6.07) is 0. The quantitative estimate of drug-likeness (QED) is 0.448. The molecule has 1 rings (SSSR count). The van der Waals surface area contributed by atoms with E-state index in [1.807, 2.05) is 13.8 Å². The van der Waals surface area contributed by atoms with Crippen LogP contribution < -0.4 is 27.2 Å². The number of hydrogen-bond acceptors (Lipinski definition) is 4. The zero-order valence-corrected chi connectivity index (χ0v) is 17.0. The van der Waals surface area contributed by atoms with Crippen LogP contribution in [0.5, 0.6) is 0 Å². The van der Waals surface area contributed by atoms with Gasteiger partial charge in [-0.15, -0.1) is 0 Å². The molecule has 0 amide bonds. The van der Waals surface area contributed by atoms with Crippen molar-refractivity contribution in [1.29, 1.82) is 0 Å². The van der Waals surface area contributed by atoms with Crippen molar-refractivity contribution in [3.05, 3.63) is 33.0 Å². The van der Waals surface area contributed by atoms with Crippen molar-refractivity contribution in [2.75, 3.05) is 23.7 Å². The number of unbranched alkanes of at least 4 members (excludes halogenated alkanes) is 1. The van der Waals surface area contributed by atoms with Crippen molar-refractivity contribution in [2.24, 2.45) is 5.92 Å². The maximum absolute atomic E-state index is 12.5. The molecule has 1 aromatic heterocycles. The number of H-pyrrole nitrogens is 1. The molecule has 7 nitrogen and oxygen atoms in total. The van der Waals surface area contributed by atoms with Gasteiger partial charge in [0.2, 0.25) is 0 Å². The molecule has 0 aliphatic rings. The standard InChI is InChI=1S/C18H31N5O2S/c1-6-7-9-23-15(19)14(16(24)21-17(23)25)22(10-8-12(2)3)18(26)20-11-13(4)5/h12H,4,6-11,19H2,1-3,5H3,(H,20,26)(H,21,24,25). The normalized spacial score (nSPS) is 10.8. The molecule has 8 heteroatoms. The van der Waals surface area contributed by atoms with E-state index in [4.69, 9.17) is 18.0 Å². The molecule has 0 atom stereocenters. The van der Waals surface area contributed by atoms with Crippen molar-refractivity contribution in [2.45, 2.75) is 53.5 Å². The van der Waals surface area contributed by atoms with Crippen LogP contribution in [-0.4, -0.2) is 27.8 Å². The summed E-state index contributed by atoms with van der Waals surface area (Å²) >= 11 is 5.49. The van der Waals surface area contributed by atoms with Crippen molar-refractivity contribution >= 4 is 28.8 Å². The van der Waals surface area contributed by atoms with E-state index in [1.54, 1.807) is 4.90 Å². The molecule has 0 spiro atoms. The molecule has 0 aromatic carbocycles. The molecule has 1 heterocycles. The van der Waals surface area contributed by atoms with Gasteiger partial charge in [0.1, 0.15) is 5.82 Å². The zero-order valence-electron chi connectivity index (χ0n) is 16.2. The maximum Gasteiger partial charge on any atom is 0.330 e. The Morgan fingerprint density at radius 3 is 2.62 bits per heavy atom. The van der Waals surface area contributed by atoms with Crippen LogP contribution in [-0.2, 0) is 6.54 Å². The van der Waals surface area contributed by atoms with E-state index < -0.39 is 11.2 Å². The molecule has 0 fully saturated rings. The van der Waals surface area contributed by atoms with Gasteiger partial charge in [-0.1, -0.05) is 39.3 Å². The van der Waals surface area contributed by atoms with Gasteiger partial charge in [0.15, 0.2) is 10.8 Å². The zero-order chi connectivity index (χ0) is 19.9. The molecular weight excluding hydrogens is 350 g/mol. The summed E-state index contributed by atoms with van der Waals surface area (Å²) in [6.45, 7) is 13.4. The fourth-order valence-electron chi connectivity index (χ4n) is 2.40. The molecule has 0 aliphatic carbocycles. The Kier molecular flexibility index (Phi) is 8.57. The van der Waals surface area contributed by atoms with Crippen molar-refractivity contribution < 1.29 is 0 Å². The minimum absolute atomic E-state index is 0.149. The number of nitrogens with two attached hydrogens (primary N) is 1. The first-order valence-electron chi connectivity index (χ1n) is 9.01. The number of nitrogens with one attached hydrogen (secondary N) is 2. The van der Waals surface area contributed by atoms with Gasteiger partial charge in [0.25, 0.3) is 5.56 Å². The second-order valence-corrected chi connectivity index (χ2v) is 7.33. The third-order valence-corrected chi connectivity index (χ3v) is 4.30. The molecule has 0 saturated heterocycles. The van der Waals surface area contributed by atoms with Crippen LogP contribution in [0.1, 0.15) is 47.0 Å². The summed E-state index contributed by atoms with van der Waals surface area (Å²) in [4.78, 5) is 28.7. The molecular formula is C18H31N5O2S. The van der Waals surface area contributed by atoms with Gasteiger partial charge in [-0.25, -0.2) is 4.79 Å². The Hall–Kier alpha value is -2.09. The third kappa shape index (κ3) is 6.01. The highest BCUT2D eigenvalue weighted by Crippen LogP contribution is 2.19. The smallest absolute Gasteiger partial charge is 0.330 e. The number of anilines is 2. The minimum atomic E-state index is -0.525. The average Bonchev–Trinajstić information content (AvgIpc) is 2.54. The summed E-state index contributed by atoms with van der Waals surface area (Å²) in [6.07, 6.45) is 2.53. The molecule has 0 saturated carbocycles. The lowest BCUT2D eigenvalue weighted by atomic mass is 10.1. The second kappa shape index (κ2) is 10.2. The van der Waals surface area contributed by atoms with E-state index in [0.29, 0.717) is 30.7 Å². The number of aromatic amines is 1. The van der Waals surface area contributed by atoms with E-state index in [-0.39, 0.29) is 11.5 Å². The van der Waals surface area contributed by atoms with Gasteiger partial charge < -0.3 is 16.0 Å². The highest BCUT2D eigenvalue weighted by atomic mass is 32.1. The van der Waals surface area contributed by atoms with Crippen LogP contribution in [0.15, 0.2) is 21.7 Å². The largest absolute Gasteiger partial charge is 0.383 e. The van der Waals surface area contributed by atoms with E-state index in [9.17, 15) is 9.59 Å². The first-order chi connectivity index (χ1) is 12.2. The Morgan fingerprint density at radius 2 is 2.08 bits per heavy atom. The number of nitrogens with zero attached hydrogens (tertiary/aromatic N) is 2. The predicted molar refractivity (Wildman–Crippen MR) is 113 cm³/mol. The molecule has 0 bridgehead atoms. The summed E-state index contributed by atoms with van der Waals surface area (Å²) in [5, 5.41) is 3.49. The molecule has 26 heavy (non-hydrogen) atoms. The molecule has 1 aromatic rings. The van der Waals surface area contributed by atoms with Gasteiger partial charge in [-0.2, -0.15) is 0 Å². The van der Waals surface area contributed by atoms with Crippen molar-refractivity contribution in [3.63, 3.8) is 0 Å². The molecule has 0 aliphatic heterocycles. The van der Waals surface area contributed by atoms with E-state index in [1.165, 1.54) is 4.57 Å². The third-order valence-electron chi connectivity index (χ3n) is 3.94. The van der Waals surface area contributed by atoms with Crippen LogP contribution in [0.3, 0.4) is 0 Å². The van der Waals surface area contributed by atoms with Gasteiger partial charge >= 0.3 is 5.69 Å². The highest BCUT2D eigenvalue weighted by Gasteiger charge is 2.22. The Bertz CT molecular complexity index is 751. The number of rotatable bonds is 9. The van der Waals surface area contributed by atoms with Crippen molar-refractivity contribution in [1.82, 2.24) is 14.9 Å². The monoisotopic (exact) mass is 381 g/mol. The average molecular weight is 382 g/mol. The maximum atomic E-state index is 12.5. The van der Waals surface area contributed by atoms with Gasteiger partial charge in [0.05, 0.1) is 0 Å². The fourth-order valence-corrected chi connectivity index (χ4v) is 2.66. The molecule has 0 unspecified atom stereocenters. The van der Waals surface area contributed by atoms with Crippen LogP contribution in [0.4, 0.5) is 11.5 Å². The first kappa shape index (κ1) is 22.0. The lowest BCUT2D eigenvalue weighted by molar-refractivity contribution is 0.586. The van der Waals surface area contributed by atoms with Crippen LogP contribution in [0, 0.1) is 5.92 Å². The predicted octanol–water partition coefficient (Wildman–Crippen LogP) is 2.22. The van der Waals surface area contributed by atoms with E-state index >= 15 is 0 Å². The van der Waals surface area contributed by atoms with Crippen LogP contribution in [0.25, 0.3) is 0 Å². The Morgan fingerprint density at radius 1 is 1.42 bits per heavy atom. The lowest BCUT2D eigenvalue weighted by Gasteiger charge is -2.28. The summed E-state index contributed by atoms with van der Waals surface area (Å²) in [5.41, 5.74) is 6.35. The molecule has 0 radical (unpaired) electrons. The number of nitrogen functional groups attached to an aromatic ring is 1. The first-order valence-corrected chi connectivity index (χ1v) is 9.42. The fraction of sp³-hybridized carbons (Fsp3) is 0.611. The van der Waals surface area contributed by atoms with Crippen molar-refractivity contribution in [3.8, 4) is 0 Å².